The van der Waals surface area contributed by atoms with Crippen molar-refractivity contribution in [2.24, 2.45) is 5.92 Å². The number of aryl methyl sites for hydroxylation is 1. The van der Waals surface area contributed by atoms with Gasteiger partial charge in [-0.25, -0.2) is 0 Å². The highest BCUT2D eigenvalue weighted by Gasteiger charge is 2.57. The van der Waals surface area contributed by atoms with Gasteiger partial charge in [-0.3, -0.25) is 4.21 Å². The normalized spacial score (nSPS) is 21.8. The topological polar surface area (TPSA) is 17.1 Å². The number of unbranched alkanes of at least 4 members (excludes halogenated alkanes) is 10. The van der Waals surface area contributed by atoms with Gasteiger partial charge in [0.15, 0.2) is 0 Å². The molecular formula is C27H44OS. The van der Waals surface area contributed by atoms with Gasteiger partial charge < -0.3 is 0 Å². The van der Waals surface area contributed by atoms with Crippen molar-refractivity contribution < 1.29 is 4.21 Å². The summed E-state index contributed by atoms with van der Waals surface area (Å²) in [6.07, 6.45) is 21.3. The van der Waals surface area contributed by atoms with Crippen LogP contribution in [0.1, 0.15) is 109 Å². The second-order valence-electron chi connectivity index (χ2n) is 9.20. The summed E-state index contributed by atoms with van der Waals surface area (Å²) in [5, 5.41) is 0. The molecule has 0 saturated heterocycles. The lowest BCUT2D eigenvalue weighted by molar-refractivity contribution is 0.524. The lowest BCUT2D eigenvalue weighted by atomic mass is 10.0. The van der Waals surface area contributed by atoms with Crippen LogP contribution in [0.4, 0.5) is 0 Å². The molecule has 1 aromatic rings. The van der Waals surface area contributed by atoms with E-state index in [9.17, 15) is 4.21 Å². The van der Waals surface area contributed by atoms with E-state index in [0.717, 1.165) is 17.7 Å². The van der Waals surface area contributed by atoms with Crippen molar-refractivity contribution in [2.45, 2.75) is 120 Å². The molecule has 1 aliphatic carbocycles. The van der Waals surface area contributed by atoms with Gasteiger partial charge in [0.05, 0.1) is 15.5 Å². The van der Waals surface area contributed by atoms with Crippen molar-refractivity contribution in [3.8, 4) is 0 Å². The third kappa shape index (κ3) is 8.04. The minimum Gasteiger partial charge on any atom is -0.254 e. The van der Waals surface area contributed by atoms with Crippen LogP contribution in [0.2, 0.25) is 0 Å². The molecule has 1 nitrogen and oxygen atoms in total. The zero-order valence-corrected chi connectivity index (χ0v) is 19.9. The maximum Gasteiger partial charge on any atom is 0.0594 e. The summed E-state index contributed by atoms with van der Waals surface area (Å²) in [5.74, 6) is 0.674. The van der Waals surface area contributed by atoms with Gasteiger partial charge in [0, 0.05) is 4.90 Å². The van der Waals surface area contributed by atoms with Crippen molar-refractivity contribution in [1.82, 2.24) is 0 Å². The largest absolute Gasteiger partial charge is 0.254 e. The molecule has 0 bridgehead atoms. The van der Waals surface area contributed by atoms with Crippen LogP contribution < -0.4 is 0 Å². The lowest BCUT2D eigenvalue weighted by Gasteiger charge is -2.18. The molecule has 1 fully saturated rings. The zero-order valence-electron chi connectivity index (χ0n) is 19.1. The Balaban J connectivity index is 1.83. The quantitative estimate of drug-likeness (QED) is 0.184. The van der Waals surface area contributed by atoms with E-state index in [0.29, 0.717) is 5.92 Å². The molecule has 29 heavy (non-hydrogen) atoms. The van der Waals surface area contributed by atoms with E-state index >= 15 is 0 Å². The fraction of sp³-hybridized carbons (Fsp3) is 0.704. The molecule has 1 aliphatic rings. The second-order valence-corrected chi connectivity index (χ2v) is 11.0. The number of rotatable bonds is 17. The fourth-order valence-corrected chi connectivity index (χ4v) is 6.62. The summed E-state index contributed by atoms with van der Waals surface area (Å²) in [4.78, 5) is 1.05. The predicted molar refractivity (Wildman–Crippen MR) is 129 cm³/mol. The molecular weight excluding hydrogens is 372 g/mol. The van der Waals surface area contributed by atoms with Crippen LogP contribution in [0.15, 0.2) is 41.8 Å². The summed E-state index contributed by atoms with van der Waals surface area (Å²) >= 11 is 0. The predicted octanol–water partition coefficient (Wildman–Crippen LogP) is 8.53. The van der Waals surface area contributed by atoms with E-state index in [1.54, 1.807) is 0 Å². The first-order valence-electron chi connectivity index (χ1n) is 12.2. The van der Waals surface area contributed by atoms with E-state index in [1.165, 1.54) is 89.0 Å². The van der Waals surface area contributed by atoms with Crippen LogP contribution in [-0.2, 0) is 10.8 Å². The standard InChI is InChI=1S/C27H44OS/c1-4-6-8-10-12-13-15-17-25-23-27(25,22-16-14-11-9-7-5-2)29(28)26-20-18-24(3)19-21-26/h4,18-21,25H,1,5-17,22-23H2,2-3H3/t25-,27-,29+/m1/s1. The lowest BCUT2D eigenvalue weighted by Crippen LogP contribution is -2.20. The van der Waals surface area contributed by atoms with Gasteiger partial charge in [-0.05, 0) is 57.1 Å². The van der Waals surface area contributed by atoms with Crippen LogP contribution in [0.25, 0.3) is 0 Å². The molecule has 0 aromatic heterocycles. The maximum atomic E-state index is 13.5. The molecule has 3 atom stereocenters. The first-order chi connectivity index (χ1) is 14.1. The molecule has 0 spiro atoms. The smallest absolute Gasteiger partial charge is 0.0594 e. The van der Waals surface area contributed by atoms with E-state index < -0.39 is 10.8 Å². The number of benzene rings is 1. The molecule has 0 unspecified atom stereocenters. The van der Waals surface area contributed by atoms with Gasteiger partial charge in [0.2, 0.25) is 0 Å². The Hall–Kier alpha value is -0.890. The van der Waals surface area contributed by atoms with Crippen molar-refractivity contribution in [3.63, 3.8) is 0 Å². The van der Waals surface area contributed by atoms with Gasteiger partial charge >= 0.3 is 0 Å². The Kier molecular flexibility index (Phi) is 11.3. The number of allylic oxidation sites excluding steroid dienone is 1. The third-order valence-electron chi connectivity index (χ3n) is 6.69. The van der Waals surface area contributed by atoms with Crippen molar-refractivity contribution in [2.75, 3.05) is 0 Å². The van der Waals surface area contributed by atoms with Gasteiger partial charge in [-0.2, -0.15) is 0 Å². The van der Waals surface area contributed by atoms with Crippen LogP contribution in [0.3, 0.4) is 0 Å². The maximum absolute atomic E-state index is 13.5. The van der Waals surface area contributed by atoms with Crippen LogP contribution in [-0.4, -0.2) is 8.96 Å². The van der Waals surface area contributed by atoms with Crippen molar-refractivity contribution in [3.05, 3.63) is 42.5 Å². The monoisotopic (exact) mass is 416 g/mol. The van der Waals surface area contributed by atoms with Gasteiger partial charge in [0.25, 0.3) is 0 Å². The summed E-state index contributed by atoms with van der Waals surface area (Å²) in [6.45, 7) is 8.18. The first-order valence-corrected chi connectivity index (χ1v) is 13.4. The van der Waals surface area contributed by atoms with Gasteiger partial charge in [0.1, 0.15) is 0 Å². The SMILES string of the molecule is C=CCCCCCCC[C@@H]1C[C@@]1(CCCCCCCC)[S@@](=O)c1ccc(C)cc1. The van der Waals surface area contributed by atoms with E-state index in [2.05, 4.69) is 44.7 Å². The Labute approximate surface area is 183 Å². The highest BCUT2D eigenvalue weighted by molar-refractivity contribution is 7.86. The molecule has 1 aromatic carbocycles. The highest BCUT2D eigenvalue weighted by Crippen LogP contribution is 2.56. The molecule has 0 amide bonds. The van der Waals surface area contributed by atoms with Gasteiger partial charge in [-0.15, -0.1) is 6.58 Å². The summed E-state index contributed by atoms with van der Waals surface area (Å²) in [7, 11) is -0.852. The zero-order chi connectivity index (χ0) is 21.0. The molecule has 0 N–H and O–H groups in total. The van der Waals surface area contributed by atoms with Crippen molar-refractivity contribution >= 4 is 10.8 Å². The van der Waals surface area contributed by atoms with Crippen LogP contribution in [0.5, 0.6) is 0 Å². The fourth-order valence-electron chi connectivity index (χ4n) is 4.66. The molecule has 2 heteroatoms. The minimum absolute atomic E-state index is 0.0723. The highest BCUT2D eigenvalue weighted by atomic mass is 32.2. The molecule has 0 aliphatic heterocycles. The summed E-state index contributed by atoms with van der Waals surface area (Å²) in [5.41, 5.74) is 1.25. The molecule has 1 saturated carbocycles. The van der Waals surface area contributed by atoms with Crippen LogP contribution in [0, 0.1) is 12.8 Å². The Bertz CT molecular complexity index is 605. The molecule has 2 rings (SSSR count). The summed E-state index contributed by atoms with van der Waals surface area (Å²) in [6, 6.07) is 8.44. The summed E-state index contributed by atoms with van der Waals surface area (Å²) < 4.78 is 13.6. The number of hydrogen-bond acceptors (Lipinski definition) is 1. The Morgan fingerprint density at radius 3 is 2.28 bits per heavy atom. The first kappa shape index (κ1) is 24.4. The van der Waals surface area contributed by atoms with Gasteiger partial charge in [-0.1, -0.05) is 94.9 Å². The van der Waals surface area contributed by atoms with E-state index in [1.807, 2.05) is 6.08 Å². The van der Waals surface area contributed by atoms with Crippen molar-refractivity contribution in [1.29, 1.82) is 0 Å². The third-order valence-corrected chi connectivity index (χ3v) is 8.84. The Morgan fingerprint density at radius 1 is 0.966 bits per heavy atom. The number of hydrogen-bond donors (Lipinski definition) is 0. The van der Waals surface area contributed by atoms with E-state index in [4.69, 9.17) is 0 Å². The Morgan fingerprint density at radius 2 is 1.59 bits per heavy atom. The van der Waals surface area contributed by atoms with Crippen LogP contribution >= 0.6 is 0 Å². The molecule has 0 heterocycles. The van der Waals surface area contributed by atoms with E-state index in [-0.39, 0.29) is 4.75 Å². The minimum atomic E-state index is -0.852. The molecule has 0 radical (unpaired) electrons. The second kappa shape index (κ2) is 13.4. The molecule has 164 valence electrons. The average molecular weight is 417 g/mol. The average Bonchev–Trinajstić information content (AvgIpc) is 3.44.